The molecule has 296 valence electrons. The van der Waals surface area contributed by atoms with Gasteiger partial charge in [0.15, 0.2) is 18.0 Å². The number of rotatable bonds is 6. The Hall–Kier alpha value is -5.23. The number of quaternary nitrogens is 2. The zero-order valence-electron chi connectivity index (χ0n) is 36.7. The highest BCUT2D eigenvalue weighted by Gasteiger charge is 2.78. The number of aromatic nitrogens is 2. The summed E-state index contributed by atoms with van der Waals surface area (Å²) in [5.41, 5.74) is 13.8. The molecule has 2 aliphatic rings. The first-order valence-electron chi connectivity index (χ1n) is 20.9. The second kappa shape index (κ2) is 12.4. The summed E-state index contributed by atoms with van der Waals surface area (Å²) in [7, 11) is 0. The van der Waals surface area contributed by atoms with Gasteiger partial charge in [-0.3, -0.25) is 4.57 Å². The molecular formula is C53H59N4O+. The van der Waals surface area contributed by atoms with E-state index >= 15 is 0 Å². The molecule has 0 N–H and O–H groups in total. The molecule has 1 unspecified atom stereocenters. The second-order valence-corrected chi connectivity index (χ2v) is 20.6. The van der Waals surface area contributed by atoms with Gasteiger partial charge in [0.2, 0.25) is 11.4 Å². The lowest BCUT2D eigenvalue weighted by Gasteiger charge is -2.41. The van der Waals surface area contributed by atoms with Crippen LogP contribution in [0.5, 0.6) is 11.5 Å². The Morgan fingerprint density at radius 1 is 0.534 bits per heavy atom. The first kappa shape index (κ1) is 38.3. The number of fused-ring (bicyclic) bond motifs is 7. The maximum Gasteiger partial charge on any atom is 0.225 e. The molecular weight excluding hydrogens is 709 g/mol. The van der Waals surface area contributed by atoms with Crippen LogP contribution in [-0.4, -0.2) is 9.55 Å². The Morgan fingerprint density at radius 3 is 1.84 bits per heavy atom. The fourth-order valence-electron chi connectivity index (χ4n) is 8.96. The van der Waals surface area contributed by atoms with Crippen molar-refractivity contribution in [3.63, 3.8) is 0 Å². The van der Waals surface area contributed by atoms with Crippen molar-refractivity contribution in [3.05, 3.63) is 150 Å². The molecule has 1 fully saturated rings. The van der Waals surface area contributed by atoms with Crippen LogP contribution in [0.4, 0.5) is 22.7 Å². The lowest BCUT2D eigenvalue weighted by Crippen LogP contribution is -2.47. The SMILES string of the molecule is Cc1cc2c(cc1C)[N@@+]1(c3cccc(C(C)(C)C)c3)[CH-][N+]21c1cc(Oc2ccc3c4ccccc4n(-c4cc(C(C)(C)C(C)(C)C)ccn4)c3c2)cc(C(C)(C)C)c1. The Bertz CT molecular complexity index is 2800. The summed E-state index contributed by atoms with van der Waals surface area (Å²) in [4.78, 5) is 4.98. The van der Waals surface area contributed by atoms with E-state index in [1.165, 1.54) is 61.3 Å². The van der Waals surface area contributed by atoms with Gasteiger partial charge in [-0.25, -0.2) is 4.98 Å². The van der Waals surface area contributed by atoms with Gasteiger partial charge >= 0.3 is 0 Å². The number of ether oxygens (including phenoxy) is 1. The predicted molar refractivity (Wildman–Crippen MR) is 245 cm³/mol. The minimum Gasteiger partial charge on any atom is -0.457 e. The van der Waals surface area contributed by atoms with Crippen LogP contribution >= 0.6 is 0 Å². The van der Waals surface area contributed by atoms with Crippen molar-refractivity contribution in [2.75, 3.05) is 0 Å². The lowest BCUT2D eigenvalue weighted by atomic mass is 9.65. The van der Waals surface area contributed by atoms with Crippen LogP contribution in [0.25, 0.3) is 27.6 Å². The molecule has 1 saturated heterocycles. The fraction of sp³-hybridized carbons (Fsp3) is 0.321. The van der Waals surface area contributed by atoms with Crippen LogP contribution in [0, 0.1) is 25.9 Å². The van der Waals surface area contributed by atoms with E-state index in [9.17, 15) is 0 Å². The first-order chi connectivity index (χ1) is 27.2. The molecule has 0 aliphatic carbocycles. The second-order valence-electron chi connectivity index (χ2n) is 20.6. The summed E-state index contributed by atoms with van der Waals surface area (Å²) < 4.78 is 10.6. The molecule has 4 heterocycles. The van der Waals surface area contributed by atoms with Crippen molar-refractivity contribution in [2.45, 2.75) is 106 Å². The van der Waals surface area contributed by atoms with Crippen molar-refractivity contribution in [3.8, 4) is 17.3 Å². The molecule has 9 rings (SSSR count). The molecule has 0 spiro atoms. The summed E-state index contributed by atoms with van der Waals surface area (Å²) in [5.74, 6) is 2.54. The van der Waals surface area contributed by atoms with Crippen LogP contribution in [0.2, 0.25) is 0 Å². The molecule has 2 aromatic heterocycles. The van der Waals surface area contributed by atoms with Crippen LogP contribution < -0.4 is 13.9 Å². The fourth-order valence-corrected chi connectivity index (χ4v) is 8.96. The highest BCUT2D eigenvalue weighted by molar-refractivity contribution is 6.09. The molecule has 0 radical (unpaired) electrons. The third-order valence-electron chi connectivity index (χ3n) is 13.8. The Labute approximate surface area is 345 Å². The molecule has 58 heavy (non-hydrogen) atoms. The average Bonchev–Trinajstić information content (AvgIpc) is 3.67. The van der Waals surface area contributed by atoms with E-state index in [2.05, 4.69) is 210 Å². The summed E-state index contributed by atoms with van der Waals surface area (Å²) in [6.45, 7) is 32.3. The van der Waals surface area contributed by atoms with Crippen LogP contribution in [0.15, 0.2) is 115 Å². The molecule has 2 aliphatic heterocycles. The molecule has 7 aromatic rings. The molecule has 5 heteroatoms. The summed E-state index contributed by atoms with van der Waals surface area (Å²) in [6, 6.07) is 40.6. The van der Waals surface area contributed by atoms with Crippen molar-refractivity contribution in [1.29, 1.82) is 0 Å². The van der Waals surface area contributed by atoms with Gasteiger partial charge in [0.25, 0.3) is 0 Å². The third kappa shape index (κ3) is 5.53. The number of pyridine rings is 1. The van der Waals surface area contributed by atoms with Gasteiger partial charge in [-0.2, -0.15) is 9.18 Å². The number of para-hydroxylation sites is 1. The Balaban J connectivity index is 1.19. The molecule has 0 amide bonds. The first-order valence-corrected chi connectivity index (χ1v) is 20.9. The number of aryl methyl sites for hydroxylation is 2. The molecule has 2 atom stereocenters. The van der Waals surface area contributed by atoms with E-state index < -0.39 is 0 Å². The van der Waals surface area contributed by atoms with Crippen molar-refractivity contribution >= 4 is 44.6 Å². The van der Waals surface area contributed by atoms with Crippen LogP contribution in [-0.2, 0) is 16.2 Å². The van der Waals surface area contributed by atoms with Gasteiger partial charge in [0.1, 0.15) is 17.3 Å². The van der Waals surface area contributed by atoms with E-state index in [4.69, 9.17) is 9.72 Å². The van der Waals surface area contributed by atoms with E-state index in [0.717, 1.165) is 28.4 Å². The summed E-state index contributed by atoms with van der Waals surface area (Å²) in [6.07, 6.45) is 1.96. The maximum absolute atomic E-state index is 7.02. The Morgan fingerprint density at radius 2 is 1.17 bits per heavy atom. The smallest absolute Gasteiger partial charge is 0.225 e. The van der Waals surface area contributed by atoms with Gasteiger partial charge in [0, 0.05) is 59.4 Å². The van der Waals surface area contributed by atoms with E-state index in [-0.39, 0.29) is 21.7 Å². The zero-order chi connectivity index (χ0) is 41.4. The minimum atomic E-state index is -0.102. The minimum absolute atomic E-state index is 0.0404. The van der Waals surface area contributed by atoms with Gasteiger partial charge in [-0.1, -0.05) is 106 Å². The average molecular weight is 768 g/mol. The quantitative estimate of drug-likeness (QED) is 0.0957. The van der Waals surface area contributed by atoms with E-state index in [0.29, 0.717) is 9.18 Å². The van der Waals surface area contributed by atoms with Gasteiger partial charge in [-0.15, -0.1) is 0 Å². The Kier molecular flexibility index (Phi) is 8.18. The normalized spacial score (nSPS) is 19.2. The monoisotopic (exact) mass is 767 g/mol. The molecule has 0 bridgehead atoms. The number of benzene rings is 5. The standard InChI is InChI=1S/C53H59N4O/c1-34-25-47-48(26-35(34)2)57(33-56(47,57)39-18-16-17-36(27-39)50(3,4)5)40-28-38(51(6,7)8)29-42(31-40)58-41-21-22-44-43-19-14-15-20-45(43)55(46(44)32-41)49-30-37(23-24-54-49)53(12,13)52(9,10)11/h14-33H,1-13H3/q+1/t56-,57?/m0/s1. The van der Waals surface area contributed by atoms with E-state index in [1.807, 2.05) is 6.20 Å². The highest BCUT2D eigenvalue weighted by Crippen LogP contribution is 2.76. The molecule has 5 nitrogen and oxygen atoms in total. The zero-order valence-corrected chi connectivity index (χ0v) is 36.7. The van der Waals surface area contributed by atoms with Crippen molar-refractivity contribution in [2.24, 2.45) is 5.41 Å². The predicted octanol–water partition coefficient (Wildman–Crippen LogP) is 14.8. The summed E-state index contributed by atoms with van der Waals surface area (Å²) >= 11 is 0. The number of hydrogen-bond donors (Lipinski definition) is 0. The van der Waals surface area contributed by atoms with Crippen molar-refractivity contribution < 1.29 is 4.74 Å². The highest BCUT2D eigenvalue weighted by atomic mass is 16.5. The van der Waals surface area contributed by atoms with Gasteiger partial charge in [0.05, 0.1) is 11.0 Å². The van der Waals surface area contributed by atoms with Crippen LogP contribution in [0.1, 0.15) is 104 Å². The van der Waals surface area contributed by atoms with Crippen LogP contribution in [0.3, 0.4) is 0 Å². The molecule has 5 aromatic carbocycles. The maximum atomic E-state index is 7.02. The topological polar surface area (TPSA) is 27.1 Å². The third-order valence-corrected chi connectivity index (χ3v) is 13.8. The van der Waals surface area contributed by atoms with E-state index in [1.54, 1.807) is 0 Å². The largest absolute Gasteiger partial charge is 0.457 e. The van der Waals surface area contributed by atoms with Gasteiger partial charge < -0.3 is 4.74 Å². The number of hydrogen-bond acceptors (Lipinski definition) is 2. The van der Waals surface area contributed by atoms with Gasteiger partial charge in [-0.05, 0) is 99.7 Å². The van der Waals surface area contributed by atoms with Crippen molar-refractivity contribution in [1.82, 2.24) is 18.7 Å². The summed E-state index contributed by atoms with van der Waals surface area (Å²) in [5, 5.41) is 2.37. The lowest BCUT2D eigenvalue weighted by molar-refractivity contribution is 0.225. The molecule has 0 saturated carbocycles. The number of nitrogens with zero attached hydrogens (tertiary/aromatic N) is 4.